The number of aryl methyl sites for hydroxylation is 2. The van der Waals surface area contributed by atoms with E-state index in [4.69, 9.17) is 17.0 Å². The van der Waals surface area contributed by atoms with Crippen LogP contribution in [0.1, 0.15) is 76.7 Å². The van der Waals surface area contributed by atoms with E-state index >= 15 is 0 Å². The van der Waals surface area contributed by atoms with Gasteiger partial charge in [0.25, 0.3) is 0 Å². The van der Waals surface area contributed by atoms with Gasteiger partial charge in [0.05, 0.1) is 0 Å². The predicted octanol–water partition coefficient (Wildman–Crippen LogP) is 15.3. The fourth-order valence-corrected chi connectivity index (χ4v) is 41.6. The van der Waals surface area contributed by atoms with Crippen molar-refractivity contribution in [1.82, 2.24) is 0 Å². The van der Waals surface area contributed by atoms with Crippen molar-refractivity contribution in [3.63, 3.8) is 0 Å². The minimum absolute atomic E-state index is 0.0656. The summed E-state index contributed by atoms with van der Waals surface area (Å²) in [7, 11) is 16.3. The van der Waals surface area contributed by atoms with E-state index in [9.17, 15) is 52.7 Å². The van der Waals surface area contributed by atoms with Gasteiger partial charge in [0.1, 0.15) is 0 Å². The van der Waals surface area contributed by atoms with Crippen LogP contribution in [-0.2, 0) is 40.3 Å². The van der Waals surface area contributed by atoms with Crippen molar-refractivity contribution in [3.05, 3.63) is 127 Å². The number of benzene rings is 4. The molecule has 0 radical (unpaired) electrons. The third kappa shape index (κ3) is 7.06. The topological polar surface area (TPSA) is 0 Å². The molecule has 2 unspecified atom stereocenters. The number of alkyl halides is 12. The third-order valence-corrected chi connectivity index (χ3v) is 63.5. The second-order valence-corrected chi connectivity index (χ2v) is 57.6. The van der Waals surface area contributed by atoms with Crippen LogP contribution in [0.5, 0.6) is 0 Å². The Kier molecular flexibility index (Phi) is 10.4. The van der Waals surface area contributed by atoms with Crippen LogP contribution in [0.25, 0.3) is 34.4 Å². The zero-order valence-electron chi connectivity index (χ0n) is 30.5. The number of fused-ring (bicyclic) bond motifs is 2. The molecule has 0 nitrogen and oxygen atoms in total. The fraction of sp³-hybridized carbons (Fsp3) is 0.300. The molecule has 0 spiro atoms. The van der Waals surface area contributed by atoms with Gasteiger partial charge in [-0.05, 0) is 0 Å². The molecule has 0 amide bonds. The summed E-state index contributed by atoms with van der Waals surface area (Å²) in [4.78, 5) is 0. The van der Waals surface area contributed by atoms with E-state index in [1.165, 1.54) is 0 Å². The predicted molar refractivity (Wildman–Crippen MR) is 197 cm³/mol. The molecule has 0 bridgehead atoms. The maximum atomic E-state index is 14.0. The Morgan fingerprint density at radius 3 is 1.02 bits per heavy atom. The minimum atomic E-state index is -5.62. The number of halogens is 14. The SMILES string of the molecule is CC1=Cc2c(ccc(C)c2-c2cc(C(F)(F)F)cc(C(F)(F)F)c2)[CH]1[Zr]([Cl])([Cl])([CH]1C(C)=Cc2c1ccc(C)c2-c1cc(C(F)(F)F)cc(C(F)(F)F)c1)[SiH](C)C. The third-order valence-electron chi connectivity index (χ3n) is 11.2. The average molecular weight is 932 g/mol. The van der Waals surface area contributed by atoms with Crippen molar-refractivity contribution < 1.29 is 68.2 Å². The van der Waals surface area contributed by atoms with Crippen molar-refractivity contribution in [2.75, 3.05) is 0 Å². The van der Waals surface area contributed by atoms with Crippen LogP contribution in [0.3, 0.4) is 0 Å². The number of hydrogen-bond acceptors (Lipinski definition) is 0. The van der Waals surface area contributed by atoms with E-state index in [2.05, 4.69) is 0 Å². The van der Waals surface area contributed by atoms with Crippen molar-refractivity contribution >= 4 is 35.1 Å². The molecule has 6 rings (SSSR count). The molecule has 0 saturated heterocycles. The van der Waals surface area contributed by atoms with Gasteiger partial charge in [0.15, 0.2) is 0 Å². The van der Waals surface area contributed by atoms with Gasteiger partial charge in [-0.25, -0.2) is 0 Å². The zero-order chi connectivity index (χ0) is 41.9. The Bertz CT molecular complexity index is 2130. The summed E-state index contributed by atoms with van der Waals surface area (Å²) in [5.74, 6) is -2.28. The van der Waals surface area contributed by atoms with Crippen LogP contribution in [0.2, 0.25) is 13.1 Å². The van der Waals surface area contributed by atoms with E-state index in [1.807, 2.05) is 13.1 Å². The first kappa shape index (κ1) is 42.8. The molecule has 0 N–H and O–H groups in total. The number of allylic oxidation sites excluding steroid dienone is 2. The van der Waals surface area contributed by atoms with Crippen LogP contribution < -0.4 is 0 Å². The molecule has 16 heteroatoms. The van der Waals surface area contributed by atoms with Crippen LogP contribution in [0, 0.1) is 13.8 Å². The molecule has 0 saturated carbocycles. The summed E-state index contributed by atoms with van der Waals surface area (Å²) in [5, 5.41) is 0. The summed E-state index contributed by atoms with van der Waals surface area (Å²) in [6.07, 6.45) is -16.9. The van der Waals surface area contributed by atoms with Crippen molar-refractivity contribution in [1.29, 1.82) is 0 Å². The molecule has 0 aromatic heterocycles. The summed E-state index contributed by atoms with van der Waals surface area (Å²) >= 11 is -5.62. The van der Waals surface area contributed by atoms with Crippen molar-refractivity contribution in [2.45, 2.75) is 72.7 Å². The Labute approximate surface area is 324 Å². The summed E-state index contributed by atoms with van der Waals surface area (Å²) in [6, 6.07) is 9.53. The second kappa shape index (κ2) is 13.6. The second-order valence-electron chi connectivity index (χ2n) is 15.1. The van der Waals surface area contributed by atoms with E-state index in [0.717, 1.165) is 0 Å². The Hall–Kier alpha value is -2.80. The number of hydrogen-bond donors (Lipinski definition) is 0. The van der Waals surface area contributed by atoms with Gasteiger partial charge in [0, 0.05) is 0 Å². The molecule has 2 atom stereocenters. The first-order chi connectivity index (χ1) is 25.5. The molecule has 4 aromatic carbocycles. The molecular formula is C40H33Cl2F12SiZr. The fourth-order valence-electron chi connectivity index (χ4n) is 8.68. The van der Waals surface area contributed by atoms with Crippen LogP contribution in [0.4, 0.5) is 52.7 Å². The molecule has 2 aliphatic carbocycles. The summed E-state index contributed by atoms with van der Waals surface area (Å²) in [5.41, 5.74) is -2.24. The van der Waals surface area contributed by atoms with Gasteiger partial charge in [0.2, 0.25) is 0 Å². The van der Waals surface area contributed by atoms with Crippen LogP contribution in [-0.4, -0.2) is 5.92 Å². The monoisotopic (exact) mass is 929 g/mol. The van der Waals surface area contributed by atoms with Crippen LogP contribution in [0.15, 0.2) is 71.8 Å². The van der Waals surface area contributed by atoms with Gasteiger partial charge in [-0.2, -0.15) is 0 Å². The van der Waals surface area contributed by atoms with Crippen LogP contribution >= 0.6 is 17.0 Å². The first-order valence-corrected chi connectivity index (χ1v) is 33.6. The first-order valence-electron chi connectivity index (χ1n) is 17.3. The Balaban J connectivity index is 1.59. The normalized spacial score (nSPS) is 18.4. The standard InChI is InChI=1S/2C19H13F6.C2H7Si.2ClH.Zr/c2*1-10-5-12-4-3-11(2)17(16(12)6-10)13-7-14(18(20,21)22)9-15(8-13)19(23,24)25;1-3-2;;;/h2*3-9H,1-2H3;3H,1-2H3;2*1H;/q;;;;;+2/p-2. The van der Waals surface area contributed by atoms with E-state index in [0.29, 0.717) is 68.8 Å². The maximum absolute atomic E-state index is 14.0. The molecule has 299 valence electrons. The van der Waals surface area contributed by atoms with E-state index in [1.54, 1.807) is 64.1 Å². The van der Waals surface area contributed by atoms with Gasteiger partial charge in [-0.15, -0.1) is 0 Å². The van der Waals surface area contributed by atoms with Gasteiger partial charge in [-0.3, -0.25) is 0 Å². The average Bonchev–Trinajstić information content (AvgIpc) is 3.58. The molecule has 0 fully saturated rings. The van der Waals surface area contributed by atoms with Crippen molar-refractivity contribution in [3.8, 4) is 22.3 Å². The molecule has 0 aliphatic heterocycles. The molecule has 0 heterocycles. The Morgan fingerprint density at radius 1 is 0.482 bits per heavy atom. The number of rotatable bonds is 5. The van der Waals surface area contributed by atoms with E-state index < -0.39 is 75.7 Å². The van der Waals surface area contributed by atoms with E-state index in [-0.39, 0.29) is 34.4 Å². The van der Waals surface area contributed by atoms with Gasteiger partial charge >= 0.3 is 326 Å². The quantitative estimate of drug-likeness (QED) is 0.138. The summed E-state index contributed by atoms with van der Waals surface area (Å²) in [6.45, 7) is 10.6. The molecule has 4 aromatic rings. The zero-order valence-corrected chi connectivity index (χ0v) is 35.6. The molecular weight excluding hydrogens is 899 g/mol. The summed E-state index contributed by atoms with van der Waals surface area (Å²) < 4.78 is 166. The van der Waals surface area contributed by atoms with Gasteiger partial charge in [-0.1, -0.05) is 0 Å². The molecule has 56 heavy (non-hydrogen) atoms. The Morgan fingerprint density at radius 2 is 0.768 bits per heavy atom. The van der Waals surface area contributed by atoms with Gasteiger partial charge < -0.3 is 0 Å². The van der Waals surface area contributed by atoms with Crippen molar-refractivity contribution in [2.24, 2.45) is 0 Å². The molecule has 2 aliphatic rings.